The summed E-state index contributed by atoms with van der Waals surface area (Å²) in [5.74, 6) is 0.515. The molecule has 0 spiro atoms. The van der Waals surface area contributed by atoms with Crippen LogP contribution in [0.5, 0.6) is 5.88 Å². The van der Waals surface area contributed by atoms with E-state index in [0.29, 0.717) is 24.3 Å². The maximum atomic E-state index is 5.84. The first-order chi connectivity index (χ1) is 9.69. The molecule has 112 valence electrons. The third-order valence-electron chi connectivity index (χ3n) is 3.50. The molecule has 0 aromatic carbocycles. The van der Waals surface area contributed by atoms with Gasteiger partial charge in [0.15, 0.2) is 0 Å². The maximum Gasteiger partial charge on any atom is 0.237 e. The van der Waals surface area contributed by atoms with Crippen LogP contribution >= 0.6 is 15.9 Å². The second-order valence-electron chi connectivity index (χ2n) is 5.05. The van der Waals surface area contributed by atoms with Crippen molar-refractivity contribution < 1.29 is 9.47 Å². The van der Waals surface area contributed by atoms with Crippen molar-refractivity contribution in [2.45, 2.75) is 25.4 Å². The van der Waals surface area contributed by atoms with Gasteiger partial charge in [-0.3, -0.25) is 0 Å². The lowest BCUT2D eigenvalue weighted by Crippen LogP contribution is -2.40. The van der Waals surface area contributed by atoms with E-state index in [0.717, 1.165) is 30.5 Å². The number of rotatable bonds is 6. The topological polar surface area (TPSA) is 60.6 Å². The highest BCUT2D eigenvalue weighted by Crippen LogP contribution is 2.22. The predicted octanol–water partition coefficient (Wildman–Crippen LogP) is 2.31. The molecule has 1 aliphatic rings. The van der Waals surface area contributed by atoms with Crippen molar-refractivity contribution in [3.05, 3.63) is 16.7 Å². The molecule has 5 nitrogen and oxygen atoms in total. The molecule has 6 heteroatoms. The zero-order valence-corrected chi connectivity index (χ0v) is 13.4. The minimum Gasteiger partial charge on any atom is -0.476 e. The number of pyridine rings is 1. The van der Waals surface area contributed by atoms with Crippen LogP contribution in [0.3, 0.4) is 0 Å². The first-order valence-electron chi connectivity index (χ1n) is 6.98. The van der Waals surface area contributed by atoms with Gasteiger partial charge in [-0.05, 0) is 47.8 Å². The third kappa shape index (κ3) is 4.61. The Bertz CT molecular complexity index is 431. The lowest BCUT2D eigenvalue weighted by Gasteiger charge is -2.31. The average molecular weight is 344 g/mol. The number of anilines is 1. The van der Waals surface area contributed by atoms with Crippen LogP contribution in [0.2, 0.25) is 0 Å². The lowest BCUT2D eigenvalue weighted by atomic mass is 10.1. The van der Waals surface area contributed by atoms with Crippen molar-refractivity contribution in [2.75, 3.05) is 39.1 Å². The van der Waals surface area contributed by atoms with Crippen LogP contribution in [-0.2, 0) is 4.74 Å². The Balaban J connectivity index is 1.68. The predicted molar refractivity (Wildman–Crippen MR) is 82.9 cm³/mol. The molecule has 0 amide bonds. The molecule has 0 radical (unpaired) electrons. The van der Waals surface area contributed by atoms with E-state index in [1.165, 1.54) is 12.8 Å². The maximum absolute atomic E-state index is 5.84. The summed E-state index contributed by atoms with van der Waals surface area (Å²) in [6, 6.07) is 1.80. The Morgan fingerprint density at radius 1 is 1.55 bits per heavy atom. The molecule has 2 heterocycles. The molecule has 1 fully saturated rings. The molecule has 2 rings (SSSR count). The van der Waals surface area contributed by atoms with Crippen LogP contribution in [0.25, 0.3) is 0 Å². The fraction of sp³-hybridized carbons (Fsp3) is 0.643. The van der Waals surface area contributed by atoms with E-state index in [4.69, 9.17) is 15.2 Å². The van der Waals surface area contributed by atoms with E-state index >= 15 is 0 Å². The molecule has 1 aromatic heterocycles. The van der Waals surface area contributed by atoms with E-state index in [1.54, 1.807) is 19.4 Å². The summed E-state index contributed by atoms with van der Waals surface area (Å²) in [5.41, 5.74) is 6.40. The largest absolute Gasteiger partial charge is 0.476 e. The normalized spacial score (nSPS) is 20.0. The number of halogens is 1. The molecule has 1 aliphatic heterocycles. The summed E-state index contributed by atoms with van der Waals surface area (Å²) < 4.78 is 11.9. The lowest BCUT2D eigenvalue weighted by molar-refractivity contribution is 0.0298. The zero-order chi connectivity index (χ0) is 14.4. The molecule has 0 bridgehead atoms. The Kier molecular flexibility index (Phi) is 6.06. The van der Waals surface area contributed by atoms with Gasteiger partial charge in [0.1, 0.15) is 0 Å². The quantitative estimate of drug-likeness (QED) is 0.803. The first-order valence-corrected chi connectivity index (χ1v) is 7.77. The fourth-order valence-electron chi connectivity index (χ4n) is 2.43. The molecule has 0 aliphatic carbocycles. The average Bonchev–Trinajstić information content (AvgIpc) is 2.45. The zero-order valence-electron chi connectivity index (χ0n) is 11.8. The molecular weight excluding hydrogens is 322 g/mol. The van der Waals surface area contributed by atoms with Crippen LogP contribution in [0.4, 0.5) is 5.69 Å². The van der Waals surface area contributed by atoms with Gasteiger partial charge in [0.05, 0.1) is 18.4 Å². The Labute approximate surface area is 128 Å². The minimum atomic E-state index is 0.383. The number of likely N-dealkylation sites (tertiary alicyclic amines) is 1. The molecule has 2 N–H and O–H groups in total. The molecular formula is C14H22BrN3O2. The van der Waals surface area contributed by atoms with Gasteiger partial charge in [0.25, 0.3) is 0 Å². The van der Waals surface area contributed by atoms with E-state index in [-0.39, 0.29) is 0 Å². The van der Waals surface area contributed by atoms with Crippen LogP contribution in [0, 0.1) is 0 Å². The summed E-state index contributed by atoms with van der Waals surface area (Å²) in [7, 11) is 1.79. The Morgan fingerprint density at radius 3 is 3.15 bits per heavy atom. The number of nitrogen functional groups attached to an aromatic ring is 1. The molecule has 1 saturated heterocycles. The number of nitrogens with zero attached hydrogens (tertiary/aromatic N) is 2. The summed E-state index contributed by atoms with van der Waals surface area (Å²) in [6.45, 7) is 3.83. The SMILES string of the molecule is COC1CCCN(CCCOc2ncc(Br)cc2N)C1. The highest BCUT2D eigenvalue weighted by Gasteiger charge is 2.18. The van der Waals surface area contributed by atoms with Crippen molar-refractivity contribution in [1.82, 2.24) is 9.88 Å². The van der Waals surface area contributed by atoms with Gasteiger partial charge in [-0.25, -0.2) is 4.98 Å². The van der Waals surface area contributed by atoms with Gasteiger partial charge in [-0.15, -0.1) is 0 Å². The van der Waals surface area contributed by atoms with Gasteiger partial charge in [0.2, 0.25) is 5.88 Å². The van der Waals surface area contributed by atoms with E-state index in [9.17, 15) is 0 Å². The van der Waals surface area contributed by atoms with E-state index in [2.05, 4.69) is 25.8 Å². The van der Waals surface area contributed by atoms with Crippen LogP contribution in [-0.4, -0.2) is 49.3 Å². The van der Waals surface area contributed by atoms with Crippen LogP contribution < -0.4 is 10.5 Å². The molecule has 0 saturated carbocycles. The number of ether oxygens (including phenoxy) is 2. The van der Waals surface area contributed by atoms with Gasteiger partial charge >= 0.3 is 0 Å². The standard InChI is InChI=1S/C14H22BrN3O2/c1-19-12-4-2-5-18(10-12)6-3-7-20-14-13(16)8-11(15)9-17-14/h8-9,12H,2-7,10,16H2,1H3. The smallest absolute Gasteiger partial charge is 0.237 e. The first kappa shape index (κ1) is 15.5. The van der Waals surface area contributed by atoms with Crippen molar-refractivity contribution in [3.63, 3.8) is 0 Å². The van der Waals surface area contributed by atoms with Crippen molar-refractivity contribution in [1.29, 1.82) is 0 Å². The monoisotopic (exact) mass is 343 g/mol. The number of nitrogens with two attached hydrogens (primary N) is 1. The number of methoxy groups -OCH3 is 1. The Hall–Kier alpha value is -0.850. The second-order valence-corrected chi connectivity index (χ2v) is 5.97. The number of aromatic nitrogens is 1. The second kappa shape index (κ2) is 7.81. The molecule has 20 heavy (non-hydrogen) atoms. The van der Waals surface area contributed by atoms with E-state index in [1.807, 2.05) is 0 Å². The summed E-state index contributed by atoms with van der Waals surface area (Å²) in [4.78, 5) is 6.59. The van der Waals surface area contributed by atoms with Gasteiger partial charge in [0, 0.05) is 30.9 Å². The minimum absolute atomic E-state index is 0.383. The number of piperidine rings is 1. The molecule has 1 atom stereocenters. The Morgan fingerprint density at radius 2 is 2.40 bits per heavy atom. The molecule has 1 aromatic rings. The summed E-state index contributed by atoms with van der Waals surface area (Å²) >= 11 is 3.33. The van der Waals surface area contributed by atoms with Gasteiger partial charge in [-0.1, -0.05) is 0 Å². The van der Waals surface area contributed by atoms with Crippen molar-refractivity contribution >= 4 is 21.6 Å². The van der Waals surface area contributed by atoms with Crippen molar-refractivity contribution in [2.24, 2.45) is 0 Å². The highest BCUT2D eigenvalue weighted by atomic mass is 79.9. The molecule has 1 unspecified atom stereocenters. The van der Waals surface area contributed by atoms with Gasteiger partial charge in [-0.2, -0.15) is 0 Å². The summed E-state index contributed by atoms with van der Waals surface area (Å²) in [6.07, 6.45) is 5.42. The van der Waals surface area contributed by atoms with Crippen LogP contribution in [0.1, 0.15) is 19.3 Å². The highest BCUT2D eigenvalue weighted by molar-refractivity contribution is 9.10. The van der Waals surface area contributed by atoms with Gasteiger partial charge < -0.3 is 20.1 Å². The van der Waals surface area contributed by atoms with Crippen molar-refractivity contribution in [3.8, 4) is 5.88 Å². The third-order valence-corrected chi connectivity index (χ3v) is 3.93. The van der Waals surface area contributed by atoms with Crippen LogP contribution in [0.15, 0.2) is 16.7 Å². The van der Waals surface area contributed by atoms with E-state index < -0.39 is 0 Å². The number of hydrogen-bond acceptors (Lipinski definition) is 5. The number of hydrogen-bond donors (Lipinski definition) is 1. The summed E-state index contributed by atoms with van der Waals surface area (Å²) in [5, 5.41) is 0. The fourth-order valence-corrected chi connectivity index (χ4v) is 2.78.